The van der Waals surface area contributed by atoms with E-state index in [-0.39, 0.29) is 97.2 Å². The largest absolute Gasteiger partial charge is 1.00 e. The van der Waals surface area contributed by atoms with E-state index < -0.39 is 68.3 Å². The molecule has 0 atom stereocenters. The summed E-state index contributed by atoms with van der Waals surface area (Å²) in [4.78, 5) is 25.4. The number of rotatable bonds is 11. The number of hydrogen-bond acceptors (Lipinski definition) is 14. The van der Waals surface area contributed by atoms with Crippen LogP contribution in [0.4, 0.5) is 26.3 Å². The summed E-state index contributed by atoms with van der Waals surface area (Å²) in [5.74, 6) is -0.869. The number of alkyl halides is 1. The van der Waals surface area contributed by atoms with Gasteiger partial charge < -0.3 is 40.3 Å². The van der Waals surface area contributed by atoms with Crippen LogP contribution in [0.25, 0.3) is 101 Å². The van der Waals surface area contributed by atoms with E-state index in [9.17, 15) is 17.6 Å². The van der Waals surface area contributed by atoms with Crippen LogP contribution in [0.1, 0.15) is 97.0 Å². The third-order valence-corrected chi connectivity index (χ3v) is 24.6. The topological polar surface area (TPSA) is 195 Å². The fourth-order valence-electron chi connectivity index (χ4n) is 13.4. The zero-order chi connectivity index (χ0) is 102. The molecule has 2 aliphatic heterocycles. The van der Waals surface area contributed by atoms with Crippen molar-refractivity contribution in [2.24, 2.45) is 0 Å². The third-order valence-electron chi connectivity index (χ3n) is 23.1. The van der Waals surface area contributed by atoms with Gasteiger partial charge in [-0.3, -0.25) is 4.39 Å². The monoisotopic (exact) mass is 2040 g/mol. The van der Waals surface area contributed by atoms with Crippen molar-refractivity contribution < 1.29 is 97.6 Å². The molecule has 3 aliphatic rings. The predicted octanol–water partition coefficient (Wildman–Crippen LogP) is 24.1. The van der Waals surface area contributed by atoms with E-state index in [2.05, 4.69) is 94.4 Å². The summed E-state index contributed by atoms with van der Waals surface area (Å²) in [5.41, 5.74) is 10.3. The number of halogens is 11. The molecule has 16 aromatic rings. The molecule has 2 fully saturated rings. The van der Waals surface area contributed by atoms with Crippen LogP contribution in [0.5, 0.6) is 0 Å². The standard InChI is InChI=1S/C33H21F2N3.C18H20BFO2.C13H10.C12H8ClF.C9H5Cl2N3.C6H12B2O2.C6H7BO2.C6H3BrClF.C6H14O2.CH3F.Na.H/c34-29-25(22-12-4-1-5-13-22)18-10-20-27(29)32-36-31(24-16-8-3-9-17-24)37-33(38-32)28-21-11-19-26(30(28)35)23-14-6-2-7-15-23;1-17(2)18(3,4)22-19(21-17)15-12-8-11-14(16(15)20)13-9-6-5-7-10-13;1-3-7-12-10(5-1)9-11-6-2-4-8-13(11)12;13-11-8-4-7-10(12(11)14)9-5-2-1-3-6-9;10-8-12-7(13-9(11)14-8)6-4-2-1-3-5-6;1-5(2)6(3,4)10-8(7)9-5;8-7(9)6-4-2-1-3-5-6;7-4-2-1-3-5(8)6(4)9;1-5(2,7)6(3,4)8;1-2;;/h1-21H;5-12H,1-4H3;1-8H,9H2;1-8H;1-5H;1-4H3;1-5,8-9H;1-3H;7-8H,1-4H3;1H3;;/q;;;;;;;;;;+1;-1/i;;;;;;;;;1D;;. The Kier molecular flexibility index (Phi) is 41.6. The first-order chi connectivity index (χ1) is 66.5. The number of benzene rings is 14. The quantitative estimate of drug-likeness (QED) is 0.0542. The summed E-state index contributed by atoms with van der Waals surface area (Å²) in [6, 6.07) is 108. The molecule has 2 saturated heterocycles. The van der Waals surface area contributed by atoms with Gasteiger partial charge in [-0.25, -0.2) is 36.9 Å². The molecular weight excluding hydrogens is 1940 g/mol. The van der Waals surface area contributed by atoms with Crippen molar-refractivity contribution in [2.45, 2.75) is 123 Å². The van der Waals surface area contributed by atoms with Crippen LogP contribution in [0.2, 0.25) is 20.6 Å². The maximum Gasteiger partial charge on any atom is 1.00 e. The molecule has 0 amide bonds. The summed E-state index contributed by atoms with van der Waals surface area (Å²) in [6.45, 7) is 22.1. The van der Waals surface area contributed by atoms with Crippen LogP contribution in [0, 0.1) is 29.1 Å². The Bertz CT molecular complexity index is 6460. The summed E-state index contributed by atoms with van der Waals surface area (Å²) >= 11 is 25.4. The van der Waals surface area contributed by atoms with Gasteiger partial charge in [0.15, 0.2) is 29.1 Å². The maximum atomic E-state index is 15.9. The first kappa shape index (κ1) is 111. The SMILES string of the molecule is CC(C)(O)C(C)(C)O.CC1(C)OB(c2cccc(-c3ccccc3)c2F)OC1(C)C.Clc1nc(Cl)nc(-c2ccccc2)n1.Fc1c(-c2ccccc2)cccc1-c1nc(-c2ccccc2)nc(-c2cccc(-c3ccccc3)c2F)n1.Fc1c(Cl)cccc1-c1ccccc1.Fc1c(Cl)cccc1Br.OB(O)c1ccccc1.[2H]CF.[B]B1OC(C)(C)C(C)(C)O1.[H-].[Na+].c1ccc2c(c1)Cc1ccccc1-2. The van der Waals surface area contributed by atoms with E-state index >= 15 is 8.78 Å². The molecule has 1 aliphatic carbocycles. The van der Waals surface area contributed by atoms with Crippen molar-refractivity contribution in [3.05, 3.63) is 417 Å². The third kappa shape index (κ3) is 30.9. The molecule has 140 heavy (non-hydrogen) atoms. The van der Waals surface area contributed by atoms with Crippen molar-refractivity contribution in [3.63, 3.8) is 0 Å². The second-order valence-electron chi connectivity index (χ2n) is 34.5. The number of hydrogen-bond donors (Lipinski definition) is 4. The molecule has 4 N–H and O–H groups in total. The molecule has 14 nitrogen and oxygen atoms in total. The normalized spacial score (nSPS) is 13.4. The zero-order valence-corrected chi connectivity index (χ0v) is 86.1. The number of fused-ring (bicyclic) bond motifs is 3. The number of aromatic nitrogens is 6. The Labute approximate surface area is 871 Å². The van der Waals surface area contributed by atoms with Gasteiger partial charge in [0, 0.05) is 38.8 Å². The Morgan fingerprint density at radius 3 is 0.950 bits per heavy atom. The fraction of sp³-hybridized carbons (Fsp3) is 0.182. The molecule has 0 spiro atoms. The van der Waals surface area contributed by atoms with Gasteiger partial charge in [0.2, 0.25) is 10.6 Å². The van der Waals surface area contributed by atoms with E-state index in [1.165, 1.54) is 28.3 Å². The maximum absolute atomic E-state index is 15.9. The van der Waals surface area contributed by atoms with Gasteiger partial charge >= 0.3 is 50.8 Å². The minimum absolute atomic E-state index is 0. The molecule has 0 saturated carbocycles. The van der Waals surface area contributed by atoms with Crippen LogP contribution < -0.4 is 40.5 Å². The zero-order valence-electron chi connectivity index (χ0n) is 81.5. The van der Waals surface area contributed by atoms with Crippen molar-refractivity contribution in [2.75, 3.05) is 7.15 Å². The molecular formula is C110H104B4BrCl4F6N6NaO8. The molecule has 712 valence electrons. The van der Waals surface area contributed by atoms with Gasteiger partial charge in [-0.15, -0.1) is 0 Å². The van der Waals surface area contributed by atoms with Crippen molar-refractivity contribution in [1.82, 2.24) is 29.9 Å². The molecule has 0 unspecified atom stereocenters. The van der Waals surface area contributed by atoms with Crippen molar-refractivity contribution in [1.29, 1.82) is 0 Å². The predicted molar refractivity (Wildman–Crippen MR) is 559 cm³/mol. The molecule has 14 aromatic carbocycles. The van der Waals surface area contributed by atoms with E-state index in [4.69, 9.17) is 94.4 Å². The second-order valence-corrected chi connectivity index (χ2v) is 36.8. The average Bonchev–Trinajstić information content (AvgIpc) is 1.51. The average molecular weight is 2040 g/mol. The van der Waals surface area contributed by atoms with Crippen LogP contribution in [0.3, 0.4) is 0 Å². The van der Waals surface area contributed by atoms with E-state index in [1.807, 2.05) is 250 Å². The first-order valence-corrected chi connectivity index (χ1v) is 46.2. The number of nitrogens with zero attached hydrogens (tertiary/aromatic N) is 6. The molecule has 19 rings (SSSR count). The van der Waals surface area contributed by atoms with Crippen molar-refractivity contribution >= 4 is 102 Å². The van der Waals surface area contributed by atoms with Crippen LogP contribution in [0.15, 0.2) is 356 Å². The Balaban J connectivity index is 0.000000206. The summed E-state index contributed by atoms with van der Waals surface area (Å²) in [6.07, 6.45) is 1.10. The molecule has 4 heterocycles. The van der Waals surface area contributed by atoms with E-state index in [1.54, 1.807) is 131 Å². The Morgan fingerprint density at radius 1 is 0.350 bits per heavy atom. The summed E-state index contributed by atoms with van der Waals surface area (Å²) < 4.78 is 111. The van der Waals surface area contributed by atoms with Gasteiger partial charge in [-0.2, -0.15) is 15.0 Å². The number of aliphatic hydroxyl groups is 2. The minimum Gasteiger partial charge on any atom is -1.00 e. The van der Waals surface area contributed by atoms with Gasteiger partial charge in [0.05, 0.1) is 67.8 Å². The minimum atomic E-state index is -1.34. The molecule has 30 heteroatoms. The van der Waals surface area contributed by atoms with Crippen molar-refractivity contribution in [3.8, 4) is 101 Å². The van der Waals surface area contributed by atoms with Crippen LogP contribution in [-0.2, 0) is 25.0 Å². The van der Waals surface area contributed by atoms with Gasteiger partial charge in [0.25, 0.3) is 0 Å². The van der Waals surface area contributed by atoms with Crippen LogP contribution >= 0.6 is 62.3 Å². The van der Waals surface area contributed by atoms with Gasteiger partial charge in [-0.1, -0.05) is 345 Å². The summed E-state index contributed by atoms with van der Waals surface area (Å²) in [5, 5.41) is 35.9. The Hall–Kier alpha value is -10.7. The van der Waals surface area contributed by atoms with E-state index in [0.717, 1.165) is 39.8 Å². The molecule has 0 bridgehead atoms. The Morgan fingerprint density at radius 2 is 0.621 bits per heavy atom. The first-order valence-electron chi connectivity index (χ1n) is 44.6. The molecule has 2 aromatic heterocycles. The second kappa shape index (κ2) is 52.3. The fourth-order valence-corrected chi connectivity index (χ4v) is 14.6. The smallest absolute Gasteiger partial charge is 1.00 e. The van der Waals surface area contributed by atoms with E-state index in [0.29, 0.717) is 49.3 Å². The molecule has 2 radical (unpaired) electrons. The van der Waals surface area contributed by atoms with Gasteiger partial charge in [-0.05, 0) is 209 Å². The van der Waals surface area contributed by atoms with Gasteiger partial charge in [0.1, 0.15) is 31.0 Å². The summed E-state index contributed by atoms with van der Waals surface area (Å²) in [7, 11) is 1.85. The van der Waals surface area contributed by atoms with Crippen LogP contribution in [-0.4, -0.2) is 120 Å².